The van der Waals surface area contributed by atoms with E-state index in [2.05, 4.69) is 17.6 Å². The molecule has 0 heterocycles. The molecule has 0 bridgehead atoms. The van der Waals surface area contributed by atoms with Crippen LogP contribution >= 0.6 is 0 Å². The van der Waals surface area contributed by atoms with Crippen molar-refractivity contribution in [1.82, 2.24) is 15.5 Å². The zero-order valence-electron chi connectivity index (χ0n) is 19.4. The summed E-state index contributed by atoms with van der Waals surface area (Å²) in [6.07, 6.45) is 3.89. The molecule has 1 aromatic rings. The lowest BCUT2D eigenvalue weighted by Gasteiger charge is -2.42. The van der Waals surface area contributed by atoms with Crippen LogP contribution in [0.25, 0.3) is 0 Å². The van der Waals surface area contributed by atoms with Crippen molar-refractivity contribution in [2.45, 2.75) is 90.4 Å². The number of hydrogen-bond acceptors (Lipinski definition) is 4. The third-order valence-electron chi connectivity index (χ3n) is 5.29. The Labute approximate surface area is 185 Å². The zero-order valence-corrected chi connectivity index (χ0v) is 19.4. The highest BCUT2D eigenvalue weighted by Gasteiger charge is 2.39. The van der Waals surface area contributed by atoms with Gasteiger partial charge in [-0.2, -0.15) is 0 Å². The van der Waals surface area contributed by atoms with Gasteiger partial charge in [-0.15, -0.1) is 0 Å². The summed E-state index contributed by atoms with van der Waals surface area (Å²) in [6, 6.07) is 8.62. The van der Waals surface area contributed by atoms with E-state index in [0.29, 0.717) is 0 Å². The number of nitrogens with zero attached hydrogens (tertiary/aromatic N) is 1. The maximum Gasteiger partial charge on any atom is 0.408 e. The van der Waals surface area contributed by atoms with E-state index in [1.807, 2.05) is 37.3 Å². The smallest absolute Gasteiger partial charge is 0.408 e. The van der Waals surface area contributed by atoms with Crippen molar-refractivity contribution in [2.75, 3.05) is 6.54 Å². The second-order valence-corrected chi connectivity index (χ2v) is 9.25. The predicted octanol–water partition coefficient (Wildman–Crippen LogP) is 3.94. The minimum Gasteiger partial charge on any atom is -0.444 e. The molecular weight excluding hydrogens is 394 g/mol. The Hall–Kier alpha value is -2.57. The highest BCUT2D eigenvalue weighted by molar-refractivity contribution is 5.90. The molecule has 2 unspecified atom stereocenters. The molecule has 0 saturated heterocycles. The molecule has 2 N–H and O–H groups in total. The number of carbonyl (C=O) groups excluding carboxylic acids is 3. The van der Waals surface area contributed by atoms with Gasteiger partial charge in [0, 0.05) is 12.1 Å². The van der Waals surface area contributed by atoms with E-state index in [-0.39, 0.29) is 30.4 Å². The molecule has 1 aromatic carbocycles. The number of ether oxygens (including phenoxy) is 1. The number of carbonyl (C=O) groups is 3. The monoisotopic (exact) mass is 431 g/mol. The van der Waals surface area contributed by atoms with Crippen molar-refractivity contribution in [3.63, 3.8) is 0 Å². The van der Waals surface area contributed by atoms with Gasteiger partial charge < -0.3 is 20.3 Å². The van der Waals surface area contributed by atoms with Gasteiger partial charge >= 0.3 is 6.09 Å². The molecule has 1 fully saturated rings. The van der Waals surface area contributed by atoms with Gasteiger partial charge in [-0.05, 0) is 58.9 Å². The summed E-state index contributed by atoms with van der Waals surface area (Å²) < 4.78 is 5.24. The van der Waals surface area contributed by atoms with Crippen LogP contribution in [0.4, 0.5) is 4.79 Å². The summed E-state index contributed by atoms with van der Waals surface area (Å²) in [7, 11) is 0. The molecule has 7 nitrogen and oxygen atoms in total. The Balaban J connectivity index is 2.23. The first-order chi connectivity index (χ1) is 14.6. The normalized spacial score (nSPS) is 15.9. The van der Waals surface area contributed by atoms with Crippen LogP contribution < -0.4 is 10.6 Å². The van der Waals surface area contributed by atoms with Gasteiger partial charge in [-0.1, -0.05) is 43.7 Å². The topological polar surface area (TPSA) is 87.7 Å². The van der Waals surface area contributed by atoms with Crippen molar-refractivity contribution >= 4 is 17.9 Å². The molecule has 172 valence electrons. The van der Waals surface area contributed by atoms with Gasteiger partial charge in [-0.25, -0.2) is 4.79 Å². The van der Waals surface area contributed by atoms with Crippen molar-refractivity contribution in [1.29, 1.82) is 0 Å². The van der Waals surface area contributed by atoms with Crippen LogP contribution in [0.3, 0.4) is 0 Å². The number of benzene rings is 1. The summed E-state index contributed by atoms with van der Waals surface area (Å²) in [4.78, 5) is 40.3. The maximum atomic E-state index is 13.3. The molecule has 31 heavy (non-hydrogen) atoms. The van der Waals surface area contributed by atoms with Crippen molar-refractivity contribution < 1.29 is 19.1 Å². The number of hydrogen-bond donors (Lipinski definition) is 2. The van der Waals surface area contributed by atoms with E-state index in [0.717, 1.165) is 37.7 Å². The van der Waals surface area contributed by atoms with Crippen LogP contribution in [0.15, 0.2) is 30.3 Å². The largest absolute Gasteiger partial charge is 0.444 e. The van der Waals surface area contributed by atoms with E-state index in [1.165, 1.54) is 0 Å². The van der Waals surface area contributed by atoms with Gasteiger partial charge in [0.1, 0.15) is 18.2 Å². The minimum absolute atomic E-state index is 0.0157. The highest BCUT2D eigenvalue weighted by Crippen LogP contribution is 2.33. The molecule has 1 saturated carbocycles. The van der Waals surface area contributed by atoms with Crippen molar-refractivity contribution in [3.05, 3.63) is 35.9 Å². The first-order valence-electron chi connectivity index (χ1n) is 11.3. The summed E-state index contributed by atoms with van der Waals surface area (Å²) >= 11 is 0. The summed E-state index contributed by atoms with van der Waals surface area (Å²) in [5.41, 5.74) is 0.115. The molecule has 2 atom stereocenters. The third-order valence-corrected chi connectivity index (χ3v) is 5.29. The van der Waals surface area contributed by atoms with Crippen molar-refractivity contribution in [3.8, 4) is 0 Å². The Morgan fingerprint density at radius 1 is 1.16 bits per heavy atom. The molecule has 7 heteroatoms. The van der Waals surface area contributed by atoms with E-state index in [9.17, 15) is 14.4 Å². The Morgan fingerprint density at radius 2 is 1.81 bits per heavy atom. The van der Waals surface area contributed by atoms with Crippen LogP contribution in [0, 0.1) is 0 Å². The molecule has 0 aromatic heterocycles. The lowest BCUT2D eigenvalue weighted by molar-refractivity contribution is -0.145. The zero-order chi connectivity index (χ0) is 23.0. The van der Waals surface area contributed by atoms with E-state index in [4.69, 9.17) is 4.74 Å². The first kappa shape index (κ1) is 24.7. The van der Waals surface area contributed by atoms with Crippen LogP contribution in [0.2, 0.25) is 0 Å². The lowest BCUT2D eigenvalue weighted by Crippen LogP contribution is -2.54. The maximum absolute atomic E-state index is 13.3. The van der Waals surface area contributed by atoms with Gasteiger partial charge in [-0.3, -0.25) is 9.59 Å². The number of amides is 3. The molecule has 0 radical (unpaired) electrons. The standard InChI is InChI=1S/C24H37N3O4/c1-6-11-17(2)26-22(29)21(18-12-8-7-9-13-18)27(19-14-10-15-19)20(28)16-25-23(30)31-24(3,4)5/h7-9,12-13,17,19,21H,6,10-11,14-16H2,1-5H3,(H,25,30)(H,26,29). The summed E-state index contributed by atoms with van der Waals surface area (Å²) in [5.74, 6) is -0.479. The predicted molar refractivity (Wildman–Crippen MR) is 120 cm³/mol. The Bertz CT molecular complexity index is 741. The van der Waals surface area contributed by atoms with E-state index >= 15 is 0 Å². The minimum atomic E-state index is -0.737. The average molecular weight is 432 g/mol. The lowest BCUT2D eigenvalue weighted by atomic mass is 9.88. The quantitative estimate of drug-likeness (QED) is 0.620. The SMILES string of the molecule is CCCC(C)NC(=O)C(c1ccccc1)N(C(=O)CNC(=O)OC(C)(C)C)C1CCC1. The fourth-order valence-electron chi connectivity index (χ4n) is 3.68. The fourth-order valence-corrected chi connectivity index (χ4v) is 3.68. The van der Waals surface area contributed by atoms with Crippen LogP contribution in [-0.2, 0) is 14.3 Å². The van der Waals surface area contributed by atoms with E-state index < -0.39 is 17.7 Å². The molecule has 2 rings (SSSR count). The fraction of sp³-hybridized carbons (Fsp3) is 0.625. The number of nitrogens with one attached hydrogen (secondary N) is 2. The number of alkyl carbamates (subject to hydrolysis) is 1. The molecule has 1 aliphatic rings. The molecule has 1 aliphatic carbocycles. The second-order valence-electron chi connectivity index (χ2n) is 9.25. The third kappa shape index (κ3) is 7.56. The average Bonchev–Trinajstić information content (AvgIpc) is 2.63. The summed E-state index contributed by atoms with van der Waals surface area (Å²) in [6.45, 7) is 9.13. The summed E-state index contributed by atoms with van der Waals surface area (Å²) in [5, 5.41) is 5.61. The van der Waals surface area contributed by atoms with Crippen LogP contribution in [0.1, 0.15) is 78.3 Å². The number of rotatable bonds is 9. The molecule has 3 amide bonds. The van der Waals surface area contributed by atoms with E-state index in [1.54, 1.807) is 25.7 Å². The van der Waals surface area contributed by atoms with Gasteiger partial charge in [0.2, 0.25) is 11.8 Å². The van der Waals surface area contributed by atoms with Gasteiger partial charge in [0.05, 0.1) is 0 Å². The van der Waals surface area contributed by atoms with Gasteiger partial charge in [0.15, 0.2) is 0 Å². The Morgan fingerprint density at radius 3 is 2.32 bits per heavy atom. The van der Waals surface area contributed by atoms with Gasteiger partial charge in [0.25, 0.3) is 0 Å². The second kappa shape index (κ2) is 11.2. The molecule has 0 spiro atoms. The van der Waals surface area contributed by atoms with Crippen molar-refractivity contribution in [2.24, 2.45) is 0 Å². The molecular formula is C24H37N3O4. The molecule has 0 aliphatic heterocycles. The highest BCUT2D eigenvalue weighted by atomic mass is 16.6. The van der Waals surface area contributed by atoms with Crippen LogP contribution in [-0.4, -0.2) is 47.0 Å². The first-order valence-corrected chi connectivity index (χ1v) is 11.3. The van der Waals surface area contributed by atoms with Crippen LogP contribution in [0.5, 0.6) is 0 Å². The Kier molecular flexibility index (Phi) is 8.89.